The first kappa shape index (κ1) is 25.0. The number of morpholine rings is 1. The highest BCUT2D eigenvalue weighted by molar-refractivity contribution is 7.18. The van der Waals surface area contributed by atoms with E-state index in [2.05, 4.69) is 10.6 Å². The van der Waals surface area contributed by atoms with Crippen LogP contribution in [0.25, 0.3) is 0 Å². The molecule has 33 heavy (non-hydrogen) atoms. The Bertz CT molecular complexity index is 1030. The van der Waals surface area contributed by atoms with Crippen LogP contribution in [0.3, 0.4) is 0 Å². The van der Waals surface area contributed by atoms with Gasteiger partial charge in [-0.1, -0.05) is 11.6 Å². The van der Waals surface area contributed by atoms with Crippen LogP contribution in [0.2, 0.25) is 4.34 Å². The fourth-order valence-corrected chi connectivity index (χ4v) is 4.23. The van der Waals surface area contributed by atoms with Crippen molar-refractivity contribution in [1.82, 2.24) is 10.2 Å². The lowest BCUT2D eigenvalue weighted by Gasteiger charge is -2.29. The predicted molar refractivity (Wildman–Crippen MR) is 122 cm³/mol. The number of alkyl halides is 2. The van der Waals surface area contributed by atoms with Gasteiger partial charge in [0.2, 0.25) is 5.91 Å². The van der Waals surface area contributed by atoms with Gasteiger partial charge in [0.15, 0.2) is 0 Å². The highest BCUT2D eigenvalue weighted by atomic mass is 35.5. The smallest absolute Gasteiger partial charge is 0.265 e. The molecule has 0 unspecified atom stereocenters. The number of amides is 3. The Labute approximate surface area is 198 Å². The molecule has 1 saturated heterocycles. The van der Waals surface area contributed by atoms with Crippen LogP contribution in [0.5, 0.6) is 0 Å². The molecule has 1 aliphatic rings. The Kier molecular flexibility index (Phi) is 8.35. The summed E-state index contributed by atoms with van der Waals surface area (Å²) in [4.78, 5) is 40.4. The van der Waals surface area contributed by atoms with Crippen LogP contribution in [0, 0.1) is 0 Å². The third kappa shape index (κ3) is 6.26. The molecular weight excluding hydrogens is 478 g/mol. The quantitative estimate of drug-likeness (QED) is 0.581. The fraction of sp³-hybridized carbons (Fsp3) is 0.381. The van der Waals surface area contributed by atoms with Crippen LogP contribution in [0.4, 0.5) is 20.2 Å². The molecule has 178 valence electrons. The van der Waals surface area contributed by atoms with Crippen molar-refractivity contribution in [1.29, 1.82) is 0 Å². The van der Waals surface area contributed by atoms with Gasteiger partial charge in [-0.05, 0) is 44.4 Å². The van der Waals surface area contributed by atoms with E-state index in [0.29, 0.717) is 9.21 Å². The highest BCUT2D eigenvalue weighted by Crippen LogP contribution is 2.33. The van der Waals surface area contributed by atoms with Crippen LogP contribution in [-0.2, 0) is 14.3 Å². The molecule has 1 aromatic heterocycles. The van der Waals surface area contributed by atoms with Gasteiger partial charge in [0.05, 0.1) is 21.5 Å². The summed E-state index contributed by atoms with van der Waals surface area (Å²) in [7, 11) is 3.33. The zero-order valence-electron chi connectivity index (χ0n) is 17.9. The summed E-state index contributed by atoms with van der Waals surface area (Å²) >= 11 is 6.96. The molecule has 0 aliphatic carbocycles. The van der Waals surface area contributed by atoms with E-state index in [9.17, 15) is 23.2 Å². The Balaban J connectivity index is 1.71. The zero-order valence-corrected chi connectivity index (χ0v) is 19.5. The number of nitrogens with zero attached hydrogens (tertiary/aromatic N) is 2. The number of ether oxygens (including phenoxy) is 1. The van der Waals surface area contributed by atoms with Crippen molar-refractivity contribution in [3.05, 3.63) is 45.1 Å². The van der Waals surface area contributed by atoms with E-state index >= 15 is 0 Å². The molecule has 0 saturated carbocycles. The molecule has 1 atom stereocenters. The first-order valence-electron chi connectivity index (χ1n) is 9.98. The molecule has 1 aliphatic heterocycles. The number of hydrogen-bond donors (Lipinski definition) is 2. The number of thiophene rings is 1. The van der Waals surface area contributed by atoms with Crippen molar-refractivity contribution in [2.45, 2.75) is 12.5 Å². The van der Waals surface area contributed by atoms with E-state index in [1.807, 2.05) is 0 Å². The number of anilines is 2. The minimum atomic E-state index is -2.85. The van der Waals surface area contributed by atoms with Gasteiger partial charge < -0.3 is 20.3 Å². The van der Waals surface area contributed by atoms with Crippen LogP contribution >= 0.6 is 22.9 Å². The zero-order chi connectivity index (χ0) is 24.1. The van der Waals surface area contributed by atoms with Gasteiger partial charge >= 0.3 is 0 Å². The van der Waals surface area contributed by atoms with E-state index in [4.69, 9.17) is 16.3 Å². The van der Waals surface area contributed by atoms with Crippen LogP contribution in [0.1, 0.15) is 21.7 Å². The van der Waals surface area contributed by atoms with Gasteiger partial charge in [-0.15, -0.1) is 11.3 Å². The molecule has 2 aromatic rings. The third-order valence-corrected chi connectivity index (χ3v) is 6.22. The van der Waals surface area contributed by atoms with Crippen molar-refractivity contribution in [2.24, 2.45) is 0 Å². The summed E-state index contributed by atoms with van der Waals surface area (Å²) in [5.41, 5.74) is -0.127. The molecule has 0 radical (unpaired) electrons. The summed E-state index contributed by atoms with van der Waals surface area (Å²) in [6, 6.07) is 6.42. The maximum Gasteiger partial charge on any atom is 0.265 e. The van der Waals surface area contributed by atoms with Crippen LogP contribution < -0.4 is 15.5 Å². The van der Waals surface area contributed by atoms with Crippen molar-refractivity contribution in [3.63, 3.8) is 0 Å². The van der Waals surface area contributed by atoms with Crippen molar-refractivity contribution >= 4 is 52.0 Å². The normalized spacial score (nSPS) is 15.1. The minimum Gasteiger partial charge on any atom is -0.370 e. The average molecular weight is 501 g/mol. The fourth-order valence-electron chi connectivity index (χ4n) is 3.27. The van der Waals surface area contributed by atoms with Crippen molar-refractivity contribution in [3.8, 4) is 0 Å². The van der Waals surface area contributed by atoms with Crippen LogP contribution in [-0.4, -0.2) is 69.1 Å². The number of nitrogens with one attached hydrogen (secondary N) is 2. The number of benzene rings is 1. The monoisotopic (exact) mass is 500 g/mol. The third-order valence-electron chi connectivity index (χ3n) is 4.99. The Morgan fingerprint density at radius 1 is 1.27 bits per heavy atom. The lowest BCUT2D eigenvalue weighted by atomic mass is 10.1. The van der Waals surface area contributed by atoms with E-state index < -0.39 is 24.3 Å². The minimum absolute atomic E-state index is 0.00471. The number of carbonyl (C=O) groups is 3. The number of rotatable bonds is 8. The van der Waals surface area contributed by atoms with Crippen molar-refractivity contribution in [2.75, 3.05) is 50.6 Å². The van der Waals surface area contributed by atoms with E-state index in [0.717, 1.165) is 17.4 Å². The van der Waals surface area contributed by atoms with E-state index in [-0.39, 0.29) is 49.1 Å². The summed E-state index contributed by atoms with van der Waals surface area (Å²) in [5, 5.41) is 5.30. The lowest BCUT2D eigenvalue weighted by Crippen LogP contribution is -2.47. The van der Waals surface area contributed by atoms with Gasteiger partial charge in [-0.3, -0.25) is 19.3 Å². The Hall–Kier alpha value is -2.60. The molecule has 2 N–H and O–H groups in total. The SMILES string of the molecule is CN(C)[C@@H](CNC(=O)c1ccc(Cl)s1)C(=O)Nc1ccc(N2CCOCC2=O)c(C(F)F)c1. The van der Waals surface area contributed by atoms with E-state index in [1.165, 1.54) is 17.0 Å². The second-order valence-corrected chi connectivity index (χ2v) is 9.17. The summed E-state index contributed by atoms with van der Waals surface area (Å²) in [6.45, 7) is 0.243. The first-order valence-corrected chi connectivity index (χ1v) is 11.2. The second-order valence-electron chi connectivity index (χ2n) is 7.45. The maximum atomic E-state index is 13.7. The van der Waals surface area contributed by atoms with Gasteiger partial charge in [-0.25, -0.2) is 8.78 Å². The van der Waals surface area contributed by atoms with E-state index in [1.54, 1.807) is 31.1 Å². The van der Waals surface area contributed by atoms with Gasteiger partial charge in [0.25, 0.3) is 18.2 Å². The van der Waals surface area contributed by atoms with Gasteiger partial charge in [0.1, 0.15) is 12.6 Å². The summed E-state index contributed by atoms with van der Waals surface area (Å²) in [6.07, 6.45) is -2.85. The summed E-state index contributed by atoms with van der Waals surface area (Å²) < 4.78 is 33.0. The molecule has 3 amide bonds. The van der Waals surface area contributed by atoms with Crippen molar-refractivity contribution < 1.29 is 27.9 Å². The molecular formula is C21H23ClF2N4O4S. The predicted octanol–water partition coefficient (Wildman–Crippen LogP) is 3.00. The highest BCUT2D eigenvalue weighted by Gasteiger charge is 2.27. The molecule has 3 rings (SSSR count). The molecule has 8 nitrogen and oxygen atoms in total. The number of likely N-dealkylation sites (N-methyl/N-ethyl adjacent to an activating group) is 1. The topological polar surface area (TPSA) is 91.0 Å². The molecule has 0 bridgehead atoms. The average Bonchev–Trinajstić information content (AvgIpc) is 3.20. The largest absolute Gasteiger partial charge is 0.370 e. The maximum absolute atomic E-state index is 13.7. The first-order chi connectivity index (χ1) is 15.7. The number of hydrogen-bond acceptors (Lipinski definition) is 6. The molecule has 2 heterocycles. The summed E-state index contributed by atoms with van der Waals surface area (Å²) in [5.74, 6) is -1.26. The standard InChI is InChI=1S/C21H23ClF2N4O4S/c1-27(2)15(10-25-21(31)16-5-6-17(22)33-16)20(30)26-12-3-4-14(13(9-12)19(23)24)28-7-8-32-11-18(28)29/h3-6,9,15,19H,7-8,10-11H2,1-2H3,(H,25,31)(H,26,30)/t15-/m0/s1. The molecule has 1 aromatic carbocycles. The molecule has 12 heteroatoms. The van der Waals surface area contributed by atoms with Crippen LogP contribution in [0.15, 0.2) is 30.3 Å². The number of carbonyl (C=O) groups excluding carboxylic acids is 3. The second kappa shape index (κ2) is 11.0. The van der Waals surface area contributed by atoms with Gasteiger partial charge in [-0.2, -0.15) is 0 Å². The van der Waals surface area contributed by atoms with Gasteiger partial charge in [0, 0.05) is 24.3 Å². The Morgan fingerprint density at radius 2 is 2.03 bits per heavy atom. The Morgan fingerprint density at radius 3 is 2.64 bits per heavy atom. The molecule has 0 spiro atoms. The molecule has 1 fully saturated rings. The number of halogens is 3. The lowest BCUT2D eigenvalue weighted by molar-refractivity contribution is -0.125.